The van der Waals surface area contributed by atoms with Gasteiger partial charge in [0.15, 0.2) is 5.88 Å². The average Bonchev–Trinajstić information content (AvgIpc) is 2.48. The van der Waals surface area contributed by atoms with Crippen molar-refractivity contribution < 1.29 is 14.6 Å². The van der Waals surface area contributed by atoms with Crippen LogP contribution in [0.4, 0.5) is 5.69 Å². The molecule has 0 aliphatic rings. The average molecular weight is 370 g/mol. The zero-order valence-corrected chi connectivity index (χ0v) is 16.9. The van der Waals surface area contributed by atoms with Crippen molar-refractivity contribution in [1.82, 2.24) is 10.0 Å². The van der Waals surface area contributed by atoms with Crippen molar-refractivity contribution in [1.29, 1.82) is 0 Å². The smallest absolute Gasteiger partial charge is 0.180 e. The van der Waals surface area contributed by atoms with E-state index in [1.807, 2.05) is 45.0 Å². The second-order valence-electron chi connectivity index (χ2n) is 7.27. The quantitative estimate of drug-likeness (QED) is 0.177. The molecule has 142 valence electrons. The van der Waals surface area contributed by atoms with E-state index in [4.69, 9.17) is 4.74 Å². The minimum Gasteiger partial charge on any atom is -0.474 e. The Labute approximate surface area is 155 Å². The van der Waals surface area contributed by atoms with Gasteiger partial charge in [-0.1, -0.05) is 0 Å². The maximum Gasteiger partial charge on any atom is 0.180 e. The van der Waals surface area contributed by atoms with Gasteiger partial charge in [0.25, 0.3) is 0 Å². The van der Waals surface area contributed by atoms with Crippen LogP contribution in [0.1, 0.15) is 41.0 Å². The van der Waals surface area contributed by atoms with E-state index in [0.29, 0.717) is 5.88 Å². The third kappa shape index (κ3) is 10.2. The van der Waals surface area contributed by atoms with Crippen LogP contribution in [0, 0.1) is 0 Å². The normalized spacial score (nSPS) is 11.9. The summed E-state index contributed by atoms with van der Waals surface area (Å²) < 4.78 is 9.10. The van der Waals surface area contributed by atoms with E-state index in [9.17, 15) is 0 Å². The Hall–Kier alpha value is -1.41. The van der Waals surface area contributed by atoms with Crippen LogP contribution in [-0.4, -0.2) is 24.8 Å². The molecular formula is C18H31N3O3S. The zero-order valence-electron chi connectivity index (χ0n) is 16.1. The van der Waals surface area contributed by atoms with Crippen molar-refractivity contribution in [3.05, 3.63) is 36.7 Å². The van der Waals surface area contributed by atoms with Crippen molar-refractivity contribution in [2.45, 2.75) is 57.1 Å². The summed E-state index contributed by atoms with van der Waals surface area (Å²) in [5.41, 5.74) is 3.13. The van der Waals surface area contributed by atoms with Crippen LogP contribution in [0.5, 0.6) is 0 Å². The fourth-order valence-electron chi connectivity index (χ4n) is 2.01. The lowest BCUT2D eigenvalue weighted by Crippen LogP contribution is -2.42. The maximum absolute atomic E-state index is 5.73. The molecule has 1 aromatic rings. The predicted octanol–water partition coefficient (Wildman–Crippen LogP) is 4.23. The number of hydrogen-bond donors (Lipinski definition) is 3. The minimum absolute atomic E-state index is 0.110. The summed E-state index contributed by atoms with van der Waals surface area (Å²) in [6.45, 7) is 15.1. The first-order valence-corrected chi connectivity index (χ1v) is 9.04. The molecule has 0 aliphatic carbocycles. The molecule has 0 radical (unpaired) electrons. The topological polar surface area (TPSA) is 63.8 Å². The van der Waals surface area contributed by atoms with Crippen LogP contribution in [0.15, 0.2) is 41.6 Å². The van der Waals surface area contributed by atoms with Gasteiger partial charge < -0.3 is 10.1 Å². The van der Waals surface area contributed by atoms with Crippen molar-refractivity contribution in [3.8, 4) is 0 Å². The van der Waals surface area contributed by atoms with Crippen LogP contribution < -0.4 is 15.5 Å². The standard InChI is InChI=1S/C18H31N3O3S/c1-14(23-17(2,3)4)20-18(5,6)12-13-19-25-16-10-8-15(9-11-16)21-24-22-7/h8-11,19-21H,1,12-13H2,2-7H3. The summed E-state index contributed by atoms with van der Waals surface area (Å²) in [6.07, 6.45) is 0.924. The van der Waals surface area contributed by atoms with Gasteiger partial charge in [-0.3, -0.25) is 4.72 Å². The van der Waals surface area contributed by atoms with Crippen LogP contribution in [0.25, 0.3) is 0 Å². The number of anilines is 1. The van der Waals surface area contributed by atoms with E-state index in [1.54, 1.807) is 11.9 Å². The molecule has 7 heteroatoms. The predicted molar refractivity (Wildman–Crippen MR) is 104 cm³/mol. The van der Waals surface area contributed by atoms with Crippen LogP contribution in [0.3, 0.4) is 0 Å². The lowest BCUT2D eigenvalue weighted by atomic mass is 10.0. The summed E-state index contributed by atoms with van der Waals surface area (Å²) in [7, 11) is 1.45. The molecule has 0 fully saturated rings. The van der Waals surface area contributed by atoms with Gasteiger partial charge in [0.05, 0.1) is 12.8 Å². The number of ether oxygens (including phenoxy) is 1. The Morgan fingerprint density at radius 2 is 1.76 bits per heavy atom. The summed E-state index contributed by atoms with van der Waals surface area (Å²) >= 11 is 1.59. The van der Waals surface area contributed by atoms with E-state index < -0.39 is 0 Å². The molecule has 0 unspecified atom stereocenters. The highest BCUT2D eigenvalue weighted by Crippen LogP contribution is 2.19. The van der Waals surface area contributed by atoms with Crippen molar-refractivity contribution in [2.24, 2.45) is 0 Å². The van der Waals surface area contributed by atoms with Gasteiger partial charge >= 0.3 is 0 Å². The van der Waals surface area contributed by atoms with Crippen LogP contribution in [0.2, 0.25) is 0 Å². The second-order valence-corrected chi connectivity index (χ2v) is 8.23. The molecule has 0 spiro atoms. The summed E-state index contributed by atoms with van der Waals surface area (Å²) in [6, 6.07) is 7.84. The van der Waals surface area contributed by atoms with Crippen molar-refractivity contribution >= 4 is 17.6 Å². The lowest BCUT2D eigenvalue weighted by molar-refractivity contribution is -0.248. The molecule has 0 saturated carbocycles. The highest BCUT2D eigenvalue weighted by atomic mass is 32.2. The third-order valence-corrected chi connectivity index (χ3v) is 3.90. The van der Waals surface area contributed by atoms with Gasteiger partial charge in [-0.25, -0.2) is 10.4 Å². The van der Waals surface area contributed by atoms with Gasteiger partial charge in [0.1, 0.15) is 5.60 Å². The van der Waals surface area contributed by atoms with Gasteiger partial charge in [0.2, 0.25) is 0 Å². The number of nitrogens with one attached hydrogen (secondary N) is 3. The fraction of sp³-hybridized carbons (Fsp3) is 0.556. The first kappa shape index (κ1) is 21.6. The Bertz CT molecular complexity index is 527. The number of rotatable bonds is 11. The molecule has 0 bridgehead atoms. The highest BCUT2D eigenvalue weighted by Gasteiger charge is 2.20. The third-order valence-electron chi connectivity index (χ3n) is 3.05. The molecule has 1 aromatic carbocycles. The Morgan fingerprint density at radius 3 is 2.32 bits per heavy atom. The first-order chi connectivity index (χ1) is 11.6. The van der Waals surface area contributed by atoms with Crippen LogP contribution >= 0.6 is 11.9 Å². The van der Waals surface area contributed by atoms with Gasteiger partial charge in [-0.15, -0.1) is 4.99 Å². The SMILES string of the molecule is C=C(NC(C)(C)CCNSc1ccc(NOOC)cc1)OC(C)(C)C. The van der Waals surface area contributed by atoms with Crippen molar-refractivity contribution in [3.63, 3.8) is 0 Å². The van der Waals surface area contributed by atoms with E-state index >= 15 is 0 Å². The molecule has 3 N–H and O–H groups in total. The Kier molecular flexibility index (Phi) is 8.58. The molecular weight excluding hydrogens is 338 g/mol. The fourth-order valence-corrected chi connectivity index (χ4v) is 2.66. The summed E-state index contributed by atoms with van der Waals surface area (Å²) in [5, 5.41) is 3.34. The van der Waals surface area contributed by atoms with E-state index in [1.165, 1.54) is 7.11 Å². The molecule has 0 amide bonds. The molecule has 0 saturated heterocycles. The largest absolute Gasteiger partial charge is 0.474 e. The summed E-state index contributed by atoms with van der Waals surface area (Å²) in [4.78, 5) is 10.3. The number of benzene rings is 1. The maximum atomic E-state index is 5.73. The van der Waals surface area contributed by atoms with E-state index in [-0.39, 0.29) is 11.1 Å². The Balaban J connectivity index is 2.30. The molecule has 1 rings (SSSR count). The zero-order chi connectivity index (χ0) is 18.9. The lowest BCUT2D eigenvalue weighted by Gasteiger charge is -2.31. The molecule has 6 nitrogen and oxygen atoms in total. The Morgan fingerprint density at radius 1 is 1.12 bits per heavy atom. The minimum atomic E-state index is -0.246. The molecule has 0 heterocycles. The highest BCUT2D eigenvalue weighted by molar-refractivity contribution is 7.97. The van der Waals surface area contributed by atoms with E-state index in [0.717, 1.165) is 23.5 Å². The van der Waals surface area contributed by atoms with Gasteiger partial charge in [0, 0.05) is 17.0 Å². The molecule has 0 atom stereocenters. The molecule has 0 aliphatic heterocycles. The molecule has 25 heavy (non-hydrogen) atoms. The van der Waals surface area contributed by atoms with Gasteiger partial charge in [-0.2, -0.15) is 0 Å². The second kappa shape index (κ2) is 9.91. The van der Waals surface area contributed by atoms with E-state index in [2.05, 4.69) is 45.8 Å². The molecule has 0 aromatic heterocycles. The van der Waals surface area contributed by atoms with Crippen molar-refractivity contribution in [2.75, 3.05) is 19.1 Å². The summed E-state index contributed by atoms with van der Waals surface area (Å²) in [5.74, 6) is 0.603. The first-order valence-electron chi connectivity index (χ1n) is 8.23. The number of hydrogen-bond acceptors (Lipinski definition) is 7. The van der Waals surface area contributed by atoms with Gasteiger partial charge in [-0.05, 0) is 83.8 Å². The van der Waals surface area contributed by atoms with Crippen LogP contribution in [-0.2, 0) is 14.6 Å². The monoisotopic (exact) mass is 369 g/mol.